The Hall–Kier alpha value is -2.16. The van der Waals surface area contributed by atoms with Crippen molar-refractivity contribution >= 4 is 27.8 Å². The number of carboxylic acids is 1. The number of hydrogen-bond acceptors (Lipinski definition) is 4. The minimum atomic E-state index is -1.07. The van der Waals surface area contributed by atoms with Crippen molar-refractivity contribution in [3.8, 4) is 0 Å². The summed E-state index contributed by atoms with van der Waals surface area (Å²) < 4.78 is 3.98. The monoisotopic (exact) mass is 383 g/mol. The Labute approximate surface area is 141 Å². The molecule has 0 saturated heterocycles. The summed E-state index contributed by atoms with van der Waals surface area (Å²) in [7, 11) is 1.68. The predicted octanol–water partition coefficient (Wildman–Crippen LogP) is 1.78. The van der Waals surface area contributed by atoms with E-state index in [0.29, 0.717) is 6.54 Å². The van der Waals surface area contributed by atoms with E-state index in [2.05, 4.69) is 26.1 Å². The molecule has 1 unspecified atom stereocenters. The van der Waals surface area contributed by atoms with Crippen molar-refractivity contribution in [1.82, 2.24) is 24.5 Å². The summed E-state index contributed by atoms with van der Waals surface area (Å²) in [6, 6.07) is -0.597. The van der Waals surface area contributed by atoms with Crippen molar-refractivity contribution in [3.05, 3.63) is 34.3 Å². The van der Waals surface area contributed by atoms with Crippen LogP contribution in [0.5, 0.6) is 0 Å². The van der Waals surface area contributed by atoms with Crippen LogP contribution in [0.2, 0.25) is 0 Å². The van der Waals surface area contributed by atoms with Crippen LogP contribution < -0.4 is 0 Å². The molecule has 2 heterocycles. The van der Waals surface area contributed by atoms with Crippen molar-refractivity contribution in [3.63, 3.8) is 0 Å². The van der Waals surface area contributed by atoms with Crippen LogP contribution in [0.3, 0.4) is 0 Å². The van der Waals surface area contributed by atoms with Gasteiger partial charge < -0.3 is 10.0 Å². The largest absolute Gasteiger partial charge is 0.478 e. The van der Waals surface area contributed by atoms with Crippen molar-refractivity contribution < 1.29 is 14.7 Å². The van der Waals surface area contributed by atoms with Gasteiger partial charge in [0.05, 0.1) is 28.5 Å². The number of aryl methyl sites for hydroxylation is 1. The summed E-state index contributed by atoms with van der Waals surface area (Å²) in [4.78, 5) is 24.9. The zero-order valence-electron chi connectivity index (χ0n) is 13.1. The molecule has 0 aliphatic rings. The van der Waals surface area contributed by atoms with Crippen LogP contribution in [0.25, 0.3) is 0 Å². The van der Waals surface area contributed by atoms with Crippen molar-refractivity contribution in [2.24, 2.45) is 0 Å². The topological polar surface area (TPSA) is 93.2 Å². The molecule has 0 spiro atoms. The van der Waals surface area contributed by atoms with Gasteiger partial charge in [0.1, 0.15) is 6.04 Å². The standard InChI is InChI=1S/C14H18BrN5O3/c1-4-19-7-11(15)12(17-19)8-18(3)13(21)9(2)20-6-10(5-16-20)14(22)23/h5-7,9H,4,8H2,1-3H3,(H,22,23). The molecule has 0 saturated carbocycles. The number of likely N-dealkylation sites (N-methyl/N-ethyl adjacent to an activating group) is 1. The smallest absolute Gasteiger partial charge is 0.338 e. The van der Waals surface area contributed by atoms with Crippen LogP contribution in [0.15, 0.2) is 23.1 Å². The molecule has 124 valence electrons. The molecule has 0 aliphatic heterocycles. The van der Waals surface area contributed by atoms with E-state index >= 15 is 0 Å². The van der Waals surface area contributed by atoms with Crippen LogP contribution in [-0.4, -0.2) is 48.5 Å². The van der Waals surface area contributed by atoms with Gasteiger partial charge in [-0.15, -0.1) is 0 Å². The zero-order valence-corrected chi connectivity index (χ0v) is 14.7. The molecule has 0 bridgehead atoms. The maximum absolute atomic E-state index is 12.5. The summed E-state index contributed by atoms with van der Waals surface area (Å²) >= 11 is 3.43. The molecule has 23 heavy (non-hydrogen) atoms. The molecule has 1 amide bonds. The summed E-state index contributed by atoms with van der Waals surface area (Å²) in [5.74, 6) is -1.25. The lowest BCUT2D eigenvalue weighted by molar-refractivity contribution is -0.133. The number of carbonyl (C=O) groups excluding carboxylic acids is 1. The van der Waals surface area contributed by atoms with Gasteiger partial charge in [0.2, 0.25) is 5.91 Å². The number of amides is 1. The van der Waals surface area contributed by atoms with Gasteiger partial charge in [-0.05, 0) is 29.8 Å². The van der Waals surface area contributed by atoms with E-state index in [1.54, 1.807) is 23.6 Å². The van der Waals surface area contributed by atoms with E-state index in [1.165, 1.54) is 17.1 Å². The van der Waals surface area contributed by atoms with Gasteiger partial charge in [-0.2, -0.15) is 10.2 Å². The number of carboxylic acid groups (broad SMARTS) is 1. The Bertz CT molecular complexity index is 724. The molecular formula is C14H18BrN5O3. The Morgan fingerprint density at radius 2 is 2.13 bits per heavy atom. The van der Waals surface area contributed by atoms with Gasteiger partial charge in [-0.1, -0.05) is 0 Å². The number of halogens is 1. The van der Waals surface area contributed by atoms with Gasteiger partial charge in [0.15, 0.2) is 0 Å². The highest BCUT2D eigenvalue weighted by Crippen LogP contribution is 2.18. The Morgan fingerprint density at radius 3 is 2.65 bits per heavy atom. The first kappa shape index (κ1) is 17.2. The maximum Gasteiger partial charge on any atom is 0.338 e. The average molecular weight is 384 g/mol. The van der Waals surface area contributed by atoms with Crippen molar-refractivity contribution in [2.45, 2.75) is 33.0 Å². The second-order valence-corrected chi connectivity index (χ2v) is 6.02. The van der Waals surface area contributed by atoms with Gasteiger partial charge in [-0.3, -0.25) is 14.2 Å². The third-order valence-electron chi connectivity index (χ3n) is 3.48. The number of nitrogens with zero attached hydrogens (tertiary/aromatic N) is 5. The summed E-state index contributed by atoms with van der Waals surface area (Å²) in [6.07, 6.45) is 4.44. The fraction of sp³-hybridized carbons (Fsp3) is 0.429. The highest BCUT2D eigenvalue weighted by molar-refractivity contribution is 9.10. The predicted molar refractivity (Wildman–Crippen MR) is 86.0 cm³/mol. The molecule has 1 N–H and O–H groups in total. The van der Waals surface area contributed by atoms with Crippen molar-refractivity contribution in [1.29, 1.82) is 0 Å². The molecule has 1 atom stereocenters. The number of hydrogen-bond donors (Lipinski definition) is 1. The van der Waals surface area contributed by atoms with E-state index in [-0.39, 0.29) is 11.5 Å². The van der Waals surface area contributed by atoms with Crippen molar-refractivity contribution in [2.75, 3.05) is 7.05 Å². The molecule has 0 fully saturated rings. The maximum atomic E-state index is 12.5. The summed E-state index contributed by atoms with van der Waals surface area (Å²) in [5, 5.41) is 17.2. The minimum Gasteiger partial charge on any atom is -0.478 e. The SMILES string of the molecule is CCn1cc(Br)c(CN(C)C(=O)C(C)n2cc(C(=O)O)cn2)n1. The quantitative estimate of drug-likeness (QED) is 0.820. The second-order valence-electron chi connectivity index (χ2n) is 5.16. The van der Waals surface area contributed by atoms with Crippen LogP contribution in [0.1, 0.15) is 35.9 Å². The van der Waals surface area contributed by atoms with Gasteiger partial charge in [0.25, 0.3) is 0 Å². The van der Waals surface area contributed by atoms with Gasteiger partial charge >= 0.3 is 5.97 Å². The van der Waals surface area contributed by atoms with E-state index < -0.39 is 12.0 Å². The first-order valence-corrected chi connectivity index (χ1v) is 7.87. The number of rotatable bonds is 6. The lowest BCUT2D eigenvalue weighted by Crippen LogP contribution is -2.33. The van der Waals surface area contributed by atoms with Crippen LogP contribution in [-0.2, 0) is 17.9 Å². The Morgan fingerprint density at radius 1 is 1.43 bits per heavy atom. The first-order chi connectivity index (χ1) is 10.8. The van der Waals surface area contributed by atoms with Crippen LogP contribution in [0, 0.1) is 0 Å². The van der Waals surface area contributed by atoms with E-state index in [9.17, 15) is 9.59 Å². The van der Waals surface area contributed by atoms with Gasteiger partial charge in [-0.25, -0.2) is 4.79 Å². The highest BCUT2D eigenvalue weighted by atomic mass is 79.9. The fourth-order valence-corrected chi connectivity index (χ4v) is 2.54. The third-order valence-corrected chi connectivity index (χ3v) is 4.14. The molecule has 2 aromatic heterocycles. The van der Waals surface area contributed by atoms with E-state index in [4.69, 9.17) is 5.11 Å². The van der Waals surface area contributed by atoms with Crippen LogP contribution >= 0.6 is 15.9 Å². The summed E-state index contributed by atoms with van der Waals surface area (Å²) in [5.41, 5.74) is 0.818. The Kier molecular flexibility index (Phi) is 5.19. The number of aromatic nitrogens is 4. The molecule has 0 radical (unpaired) electrons. The fourth-order valence-electron chi connectivity index (χ4n) is 2.10. The molecule has 0 aliphatic carbocycles. The average Bonchev–Trinajstić information content (AvgIpc) is 3.13. The lowest BCUT2D eigenvalue weighted by atomic mass is 10.3. The van der Waals surface area contributed by atoms with Crippen LogP contribution in [0.4, 0.5) is 0 Å². The molecular weight excluding hydrogens is 366 g/mol. The molecule has 2 rings (SSSR count). The lowest BCUT2D eigenvalue weighted by Gasteiger charge is -2.21. The third kappa shape index (κ3) is 3.79. The Balaban J connectivity index is 2.08. The molecule has 2 aromatic rings. The van der Waals surface area contributed by atoms with E-state index in [1.807, 2.05) is 13.1 Å². The second kappa shape index (κ2) is 6.95. The number of aromatic carboxylic acids is 1. The first-order valence-electron chi connectivity index (χ1n) is 7.07. The minimum absolute atomic E-state index is 0.0525. The molecule has 8 nitrogen and oxygen atoms in total. The molecule has 9 heteroatoms. The molecule has 0 aromatic carbocycles. The van der Waals surface area contributed by atoms with Gasteiger partial charge in [0, 0.05) is 26.0 Å². The zero-order chi connectivity index (χ0) is 17.1. The number of carbonyl (C=O) groups is 2. The van der Waals surface area contributed by atoms with E-state index in [0.717, 1.165) is 16.7 Å². The normalized spacial score (nSPS) is 12.2. The highest BCUT2D eigenvalue weighted by Gasteiger charge is 2.22. The summed E-state index contributed by atoms with van der Waals surface area (Å²) in [6.45, 7) is 4.76.